The zero-order valence-corrected chi connectivity index (χ0v) is 17.4. The lowest BCUT2D eigenvalue weighted by Crippen LogP contribution is -2.39. The van der Waals surface area contributed by atoms with Gasteiger partial charge in [0, 0.05) is 42.8 Å². The van der Waals surface area contributed by atoms with Gasteiger partial charge in [0.2, 0.25) is 0 Å². The number of carbonyl (C=O) groups excluding carboxylic acids is 1. The average molecular weight is 393 g/mol. The van der Waals surface area contributed by atoms with Gasteiger partial charge in [0.25, 0.3) is 5.91 Å². The predicted molar refractivity (Wildman–Crippen MR) is 113 cm³/mol. The second-order valence-electron chi connectivity index (χ2n) is 7.95. The molecule has 7 nitrogen and oxygen atoms in total. The number of nitrogens with zero attached hydrogens (tertiary/aromatic N) is 6. The van der Waals surface area contributed by atoms with Crippen molar-refractivity contribution in [3.63, 3.8) is 0 Å². The summed E-state index contributed by atoms with van der Waals surface area (Å²) in [6.07, 6.45) is 8.34. The quantitative estimate of drug-likeness (QED) is 0.668. The number of amides is 1. The number of likely N-dealkylation sites (tertiary alicyclic amines) is 1. The summed E-state index contributed by atoms with van der Waals surface area (Å²) in [6, 6.07) is 8.48. The van der Waals surface area contributed by atoms with Crippen LogP contribution in [0.4, 0.5) is 0 Å². The van der Waals surface area contributed by atoms with Crippen LogP contribution >= 0.6 is 0 Å². The maximum Gasteiger partial charge on any atom is 0.276 e. The van der Waals surface area contributed by atoms with E-state index in [0.717, 1.165) is 41.7 Å². The fourth-order valence-corrected chi connectivity index (χ4v) is 4.18. The minimum Gasteiger partial charge on any atom is -0.340 e. The van der Waals surface area contributed by atoms with Crippen molar-refractivity contribution in [2.24, 2.45) is 0 Å². The van der Waals surface area contributed by atoms with E-state index in [0.29, 0.717) is 11.7 Å². The summed E-state index contributed by atoms with van der Waals surface area (Å²) in [5, 5.41) is 10.6. The van der Waals surface area contributed by atoms with Crippen LogP contribution in [0.1, 0.15) is 41.9 Å². The molecule has 0 saturated carbocycles. The molecular formula is C22H28N6O. The van der Waals surface area contributed by atoms with Crippen LogP contribution < -0.4 is 0 Å². The third-order valence-corrected chi connectivity index (χ3v) is 6.05. The van der Waals surface area contributed by atoms with E-state index in [1.807, 2.05) is 44.4 Å². The highest BCUT2D eigenvalue weighted by molar-refractivity contribution is 5.94. The van der Waals surface area contributed by atoms with E-state index in [-0.39, 0.29) is 5.91 Å². The summed E-state index contributed by atoms with van der Waals surface area (Å²) >= 11 is 0. The molecule has 2 aromatic heterocycles. The van der Waals surface area contributed by atoms with Crippen molar-refractivity contribution in [2.45, 2.75) is 38.6 Å². The van der Waals surface area contributed by atoms with Crippen LogP contribution in [0.25, 0.3) is 16.5 Å². The number of piperidine rings is 1. The van der Waals surface area contributed by atoms with Crippen molar-refractivity contribution < 1.29 is 4.79 Å². The van der Waals surface area contributed by atoms with E-state index < -0.39 is 0 Å². The number of rotatable bonds is 5. The lowest BCUT2D eigenvalue weighted by atomic mass is 10.00. The Morgan fingerprint density at radius 1 is 1.28 bits per heavy atom. The highest BCUT2D eigenvalue weighted by atomic mass is 16.2. The van der Waals surface area contributed by atoms with Crippen LogP contribution in [-0.4, -0.2) is 68.9 Å². The molecular weight excluding hydrogens is 364 g/mol. The lowest BCUT2D eigenvalue weighted by Gasteiger charge is -2.33. The van der Waals surface area contributed by atoms with Gasteiger partial charge in [0.15, 0.2) is 5.69 Å². The van der Waals surface area contributed by atoms with Gasteiger partial charge in [-0.25, -0.2) is 4.68 Å². The number of hydrogen-bond donors (Lipinski definition) is 0. The number of fused-ring (bicyclic) bond motifs is 1. The Bertz CT molecular complexity index is 1010. The van der Waals surface area contributed by atoms with Crippen molar-refractivity contribution in [3.8, 4) is 5.69 Å². The van der Waals surface area contributed by atoms with Crippen LogP contribution in [0, 0.1) is 6.92 Å². The molecule has 152 valence electrons. The molecule has 3 heterocycles. The summed E-state index contributed by atoms with van der Waals surface area (Å²) in [7, 11) is 4.04. The Balaban J connectivity index is 1.52. The molecule has 0 spiro atoms. The van der Waals surface area contributed by atoms with Gasteiger partial charge < -0.3 is 9.80 Å². The van der Waals surface area contributed by atoms with Gasteiger partial charge in [-0.2, -0.15) is 0 Å². The maximum absolute atomic E-state index is 13.0. The number of carbonyl (C=O) groups is 1. The normalized spacial score (nSPS) is 17.6. The smallest absolute Gasteiger partial charge is 0.276 e. The first-order chi connectivity index (χ1) is 14.1. The molecule has 29 heavy (non-hydrogen) atoms. The number of benzene rings is 1. The Kier molecular flexibility index (Phi) is 5.58. The fourth-order valence-electron chi connectivity index (χ4n) is 4.18. The highest BCUT2D eigenvalue weighted by Gasteiger charge is 2.24. The molecule has 4 rings (SSSR count). The molecule has 1 amide bonds. The largest absolute Gasteiger partial charge is 0.340 e. The zero-order chi connectivity index (χ0) is 20.4. The maximum atomic E-state index is 13.0. The topological polar surface area (TPSA) is 67.2 Å². The van der Waals surface area contributed by atoms with Crippen LogP contribution in [-0.2, 0) is 0 Å². The van der Waals surface area contributed by atoms with Crippen molar-refractivity contribution >= 4 is 16.7 Å². The number of pyridine rings is 1. The Labute approximate surface area is 171 Å². The second kappa shape index (κ2) is 8.29. The molecule has 1 saturated heterocycles. The summed E-state index contributed by atoms with van der Waals surface area (Å²) in [5.41, 5.74) is 2.07. The van der Waals surface area contributed by atoms with Crippen LogP contribution in [0.2, 0.25) is 0 Å². The molecule has 0 unspecified atom stereocenters. The lowest BCUT2D eigenvalue weighted by molar-refractivity contribution is 0.0764. The minimum atomic E-state index is -0.0749. The van der Waals surface area contributed by atoms with Gasteiger partial charge in [0.1, 0.15) is 0 Å². The van der Waals surface area contributed by atoms with Gasteiger partial charge in [-0.3, -0.25) is 9.78 Å². The molecule has 1 aromatic carbocycles. The molecule has 1 atom stereocenters. The van der Waals surface area contributed by atoms with E-state index in [4.69, 9.17) is 0 Å². The fraction of sp³-hybridized carbons (Fsp3) is 0.455. The molecule has 3 aromatic rings. The summed E-state index contributed by atoms with van der Waals surface area (Å²) in [5.74, 6) is -0.0749. The van der Waals surface area contributed by atoms with Crippen LogP contribution in [0.15, 0.2) is 36.7 Å². The molecule has 0 N–H and O–H groups in total. The summed E-state index contributed by atoms with van der Waals surface area (Å²) in [6.45, 7) is 3.77. The molecule has 0 aliphatic carbocycles. The first-order valence-corrected chi connectivity index (χ1v) is 10.3. The molecule has 1 aliphatic rings. The minimum absolute atomic E-state index is 0.0749. The molecule has 1 aliphatic heterocycles. The second-order valence-corrected chi connectivity index (χ2v) is 7.95. The monoisotopic (exact) mass is 392 g/mol. The SMILES string of the molecule is Cc1c(C(=O)N(C)CC[C@H]2CCCCN2C)nnn1-c1cccc2cnccc12. The summed E-state index contributed by atoms with van der Waals surface area (Å²) in [4.78, 5) is 21.4. The predicted octanol–water partition coefficient (Wildman–Crippen LogP) is 3.07. The number of aromatic nitrogens is 4. The third-order valence-electron chi connectivity index (χ3n) is 6.05. The first-order valence-electron chi connectivity index (χ1n) is 10.3. The molecule has 0 radical (unpaired) electrons. The van der Waals surface area contributed by atoms with E-state index in [1.165, 1.54) is 19.3 Å². The van der Waals surface area contributed by atoms with Gasteiger partial charge in [-0.1, -0.05) is 23.8 Å². The van der Waals surface area contributed by atoms with E-state index in [1.54, 1.807) is 15.8 Å². The highest BCUT2D eigenvalue weighted by Crippen LogP contribution is 2.23. The molecule has 1 fully saturated rings. The van der Waals surface area contributed by atoms with E-state index >= 15 is 0 Å². The Morgan fingerprint density at radius 2 is 2.14 bits per heavy atom. The average Bonchev–Trinajstić information content (AvgIpc) is 3.13. The van der Waals surface area contributed by atoms with E-state index in [2.05, 4.69) is 27.2 Å². The van der Waals surface area contributed by atoms with Crippen molar-refractivity contribution in [1.29, 1.82) is 0 Å². The summed E-state index contributed by atoms with van der Waals surface area (Å²) < 4.78 is 1.75. The van der Waals surface area contributed by atoms with Crippen LogP contribution in [0.5, 0.6) is 0 Å². The third kappa shape index (κ3) is 3.87. The van der Waals surface area contributed by atoms with Gasteiger partial charge in [0.05, 0.1) is 11.4 Å². The number of hydrogen-bond acceptors (Lipinski definition) is 5. The van der Waals surface area contributed by atoms with Gasteiger partial charge >= 0.3 is 0 Å². The van der Waals surface area contributed by atoms with Crippen LogP contribution in [0.3, 0.4) is 0 Å². The van der Waals surface area contributed by atoms with Crippen molar-refractivity contribution in [3.05, 3.63) is 48.0 Å². The Morgan fingerprint density at radius 3 is 2.97 bits per heavy atom. The van der Waals surface area contributed by atoms with E-state index in [9.17, 15) is 4.79 Å². The first kappa shape index (κ1) is 19.5. The molecule has 0 bridgehead atoms. The van der Waals surface area contributed by atoms with Gasteiger partial charge in [-0.05, 0) is 51.9 Å². The zero-order valence-electron chi connectivity index (χ0n) is 17.4. The van der Waals surface area contributed by atoms with Crippen molar-refractivity contribution in [1.82, 2.24) is 29.8 Å². The molecule has 7 heteroatoms. The van der Waals surface area contributed by atoms with Gasteiger partial charge in [-0.15, -0.1) is 5.10 Å². The van der Waals surface area contributed by atoms with Crippen molar-refractivity contribution in [2.75, 3.05) is 27.2 Å². The standard InChI is InChI=1S/C22H28N6O/c1-16-21(22(29)27(3)14-11-18-8-4-5-13-26(18)2)24-25-28(16)20-9-6-7-17-15-23-12-10-19(17)20/h6-7,9-10,12,15,18H,4-5,8,11,13-14H2,1-3H3/t18-/m1/s1. The Hall–Kier alpha value is -2.80.